The van der Waals surface area contributed by atoms with E-state index in [9.17, 15) is 9.59 Å². The minimum atomic E-state index is -0.421. The van der Waals surface area contributed by atoms with Gasteiger partial charge in [0.2, 0.25) is 5.91 Å². The van der Waals surface area contributed by atoms with Gasteiger partial charge in [-0.3, -0.25) is 14.5 Å². The van der Waals surface area contributed by atoms with Gasteiger partial charge >= 0.3 is 0 Å². The summed E-state index contributed by atoms with van der Waals surface area (Å²) in [6.07, 6.45) is 0. The Bertz CT molecular complexity index is 403. The summed E-state index contributed by atoms with van der Waals surface area (Å²) in [6.45, 7) is 2.82. The molecule has 1 aromatic carbocycles. The Morgan fingerprint density at radius 3 is 2.29 bits per heavy atom. The van der Waals surface area contributed by atoms with E-state index in [1.807, 2.05) is 19.1 Å². The van der Waals surface area contributed by atoms with Crippen molar-refractivity contribution >= 4 is 27.6 Å². The van der Waals surface area contributed by atoms with E-state index in [1.165, 1.54) is 0 Å². The van der Waals surface area contributed by atoms with Gasteiger partial charge in [-0.15, -0.1) is 0 Å². The van der Waals surface area contributed by atoms with E-state index < -0.39 is 5.91 Å². The lowest BCUT2D eigenvalue weighted by Crippen LogP contribution is -2.37. The Balaban J connectivity index is 2.64. The van der Waals surface area contributed by atoms with Gasteiger partial charge in [0.25, 0.3) is 0 Å². The maximum atomic E-state index is 11.9. The molecule has 0 aromatic heterocycles. The van der Waals surface area contributed by atoms with Gasteiger partial charge in [-0.25, -0.2) is 0 Å². The molecule has 1 rings (SSSR count). The Labute approximate surface area is 109 Å². The highest BCUT2D eigenvalue weighted by Crippen LogP contribution is 2.11. The van der Waals surface area contributed by atoms with Crippen LogP contribution in [-0.4, -0.2) is 36.2 Å². The van der Waals surface area contributed by atoms with Gasteiger partial charge in [0.1, 0.15) is 0 Å². The van der Waals surface area contributed by atoms with E-state index in [0.29, 0.717) is 12.1 Å². The number of ketones is 1. The minimum absolute atomic E-state index is 0.0133. The van der Waals surface area contributed by atoms with Crippen LogP contribution in [0.4, 0.5) is 0 Å². The van der Waals surface area contributed by atoms with E-state index in [2.05, 4.69) is 15.9 Å². The third-order valence-corrected chi connectivity index (χ3v) is 2.89. The molecular weight excluding hydrogens is 284 g/mol. The fraction of sp³-hybridized carbons (Fsp3) is 0.333. The predicted octanol–water partition coefficient (Wildman–Crippen LogP) is 1.44. The number of primary amides is 1. The molecule has 17 heavy (non-hydrogen) atoms. The first kappa shape index (κ1) is 13.9. The van der Waals surface area contributed by atoms with E-state index in [1.54, 1.807) is 17.0 Å². The molecule has 0 atom stereocenters. The number of Topliss-reactive ketones (excluding diaryl/α,β-unsaturated/α-hetero) is 1. The lowest BCUT2D eigenvalue weighted by Gasteiger charge is -2.17. The molecule has 0 bridgehead atoms. The summed E-state index contributed by atoms with van der Waals surface area (Å²) >= 11 is 3.31. The second-order valence-corrected chi connectivity index (χ2v) is 4.62. The van der Waals surface area contributed by atoms with Crippen molar-refractivity contribution in [2.75, 3.05) is 19.6 Å². The van der Waals surface area contributed by atoms with E-state index >= 15 is 0 Å². The Morgan fingerprint density at radius 2 is 1.82 bits per heavy atom. The molecule has 0 aliphatic carbocycles. The highest BCUT2D eigenvalue weighted by atomic mass is 79.9. The molecule has 92 valence electrons. The summed E-state index contributed by atoms with van der Waals surface area (Å²) < 4.78 is 0.929. The Hall–Kier alpha value is -1.20. The number of carbonyl (C=O) groups is 2. The average molecular weight is 299 g/mol. The Morgan fingerprint density at radius 1 is 1.24 bits per heavy atom. The molecule has 0 heterocycles. The van der Waals surface area contributed by atoms with Crippen LogP contribution in [0.2, 0.25) is 0 Å². The molecule has 0 aliphatic heterocycles. The lowest BCUT2D eigenvalue weighted by molar-refractivity contribution is -0.118. The van der Waals surface area contributed by atoms with Gasteiger partial charge in [-0.2, -0.15) is 0 Å². The van der Waals surface area contributed by atoms with Crippen LogP contribution in [0, 0.1) is 0 Å². The summed E-state index contributed by atoms with van der Waals surface area (Å²) in [7, 11) is 0. The maximum Gasteiger partial charge on any atom is 0.231 e. The largest absolute Gasteiger partial charge is 0.369 e. The second kappa shape index (κ2) is 6.51. The van der Waals surface area contributed by atoms with Gasteiger partial charge < -0.3 is 5.73 Å². The van der Waals surface area contributed by atoms with Crippen LogP contribution < -0.4 is 5.73 Å². The predicted molar refractivity (Wildman–Crippen MR) is 69.8 cm³/mol. The fourth-order valence-electron chi connectivity index (χ4n) is 1.43. The van der Waals surface area contributed by atoms with E-state index in [-0.39, 0.29) is 18.9 Å². The van der Waals surface area contributed by atoms with Crippen molar-refractivity contribution in [3.8, 4) is 0 Å². The van der Waals surface area contributed by atoms with Crippen LogP contribution in [-0.2, 0) is 4.79 Å². The zero-order valence-electron chi connectivity index (χ0n) is 9.65. The fourth-order valence-corrected chi connectivity index (χ4v) is 1.69. The monoisotopic (exact) mass is 298 g/mol. The number of nitrogens with two attached hydrogens (primary N) is 1. The molecule has 1 aromatic rings. The van der Waals surface area contributed by atoms with Crippen LogP contribution in [0.25, 0.3) is 0 Å². The molecular formula is C12H15BrN2O2. The minimum Gasteiger partial charge on any atom is -0.369 e. The second-order valence-electron chi connectivity index (χ2n) is 3.70. The molecule has 0 saturated carbocycles. The first-order chi connectivity index (χ1) is 8.02. The highest BCUT2D eigenvalue weighted by molar-refractivity contribution is 9.10. The summed E-state index contributed by atoms with van der Waals surface area (Å²) in [4.78, 5) is 24.4. The third kappa shape index (κ3) is 4.66. The van der Waals surface area contributed by atoms with Crippen LogP contribution in [0.15, 0.2) is 28.7 Å². The number of hydrogen-bond donors (Lipinski definition) is 1. The van der Waals surface area contributed by atoms with Crippen molar-refractivity contribution in [1.82, 2.24) is 4.90 Å². The van der Waals surface area contributed by atoms with Crippen molar-refractivity contribution in [3.63, 3.8) is 0 Å². The normalized spacial score (nSPS) is 10.5. The van der Waals surface area contributed by atoms with Crippen LogP contribution in [0.3, 0.4) is 0 Å². The zero-order chi connectivity index (χ0) is 12.8. The van der Waals surface area contributed by atoms with Crippen molar-refractivity contribution < 1.29 is 9.59 Å². The van der Waals surface area contributed by atoms with Crippen molar-refractivity contribution in [3.05, 3.63) is 34.3 Å². The first-order valence-electron chi connectivity index (χ1n) is 5.32. The number of benzene rings is 1. The lowest BCUT2D eigenvalue weighted by atomic mass is 10.1. The molecule has 0 radical (unpaired) electrons. The number of hydrogen-bond acceptors (Lipinski definition) is 3. The summed E-state index contributed by atoms with van der Waals surface area (Å²) in [6, 6.07) is 7.14. The number of likely N-dealkylation sites (N-methyl/N-ethyl adjacent to an activating group) is 1. The molecule has 0 spiro atoms. The molecule has 1 amide bonds. The van der Waals surface area contributed by atoms with Crippen LogP contribution in [0.5, 0.6) is 0 Å². The number of halogens is 1. The number of amides is 1. The summed E-state index contributed by atoms with van der Waals surface area (Å²) in [5, 5.41) is 0. The quantitative estimate of drug-likeness (QED) is 0.808. The Kier molecular flexibility index (Phi) is 5.31. The zero-order valence-corrected chi connectivity index (χ0v) is 11.2. The standard InChI is InChI=1S/C12H15BrN2O2/c1-2-15(8-12(14)17)7-11(16)9-3-5-10(13)6-4-9/h3-6H,2,7-8H2,1H3,(H2,14,17). The van der Waals surface area contributed by atoms with Gasteiger partial charge in [0.15, 0.2) is 5.78 Å². The highest BCUT2D eigenvalue weighted by Gasteiger charge is 2.12. The van der Waals surface area contributed by atoms with Crippen molar-refractivity contribution in [2.24, 2.45) is 5.73 Å². The summed E-state index contributed by atoms with van der Waals surface area (Å²) in [5.74, 6) is -0.434. The molecule has 5 heteroatoms. The van der Waals surface area contributed by atoms with Gasteiger partial charge in [0, 0.05) is 10.0 Å². The maximum absolute atomic E-state index is 11.9. The number of carbonyl (C=O) groups excluding carboxylic acids is 2. The molecule has 4 nitrogen and oxygen atoms in total. The molecule has 0 fully saturated rings. The van der Waals surface area contributed by atoms with Crippen molar-refractivity contribution in [1.29, 1.82) is 0 Å². The van der Waals surface area contributed by atoms with Crippen LogP contribution >= 0.6 is 15.9 Å². The SMILES string of the molecule is CCN(CC(N)=O)CC(=O)c1ccc(Br)cc1. The molecule has 0 unspecified atom stereocenters. The summed E-state index contributed by atoms with van der Waals surface area (Å²) in [5.41, 5.74) is 5.74. The van der Waals surface area contributed by atoms with Crippen molar-refractivity contribution in [2.45, 2.75) is 6.92 Å². The average Bonchev–Trinajstić information content (AvgIpc) is 2.28. The first-order valence-corrected chi connectivity index (χ1v) is 6.11. The van der Waals surface area contributed by atoms with Gasteiger partial charge in [0.05, 0.1) is 13.1 Å². The van der Waals surface area contributed by atoms with E-state index in [0.717, 1.165) is 4.47 Å². The molecule has 2 N–H and O–H groups in total. The third-order valence-electron chi connectivity index (χ3n) is 2.36. The number of nitrogens with zero attached hydrogens (tertiary/aromatic N) is 1. The van der Waals surface area contributed by atoms with Gasteiger partial charge in [-0.1, -0.05) is 35.0 Å². The number of rotatable bonds is 6. The van der Waals surface area contributed by atoms with E-state index in [4.69, 9.17) is 5.73 Å². The topological polar surface area (TPSA) is 63.4 Å². The molecule has 0 aliphatic rings. The van der Waals surface area contributed by atoms with Gasteiger partial charge in [-0.05, 0) is 18.7 Å². The molecule has 0 saturated heterocycles. The smallest absolute Gasteiger partial charge is 0.231 e. The van der Waals surface area contributed by atoms with Crippen LogP contribution in [0.1, 0.15) is 17.3 Å².